The van der Waals surface area contributed by atoms with Crippen molar-refractivity contribution < 1.29 is 23.9 Å². The van der Waals surface area contributed by atoms with E-state index in [0.29, 0.717) is 39.2 Å². The largest absolute Gasteiger partial charge is 0.384 e. The molecule has 1 saturated carbocycles. The number of carbonyl (C=O) groups is 3. The number of carbonyl (C=O) groups excluding carboxylic acids is 3. The van der Waals surface area contributed by atoms with Crippen molar-refractivity contribution in [1.82, 2.24) is 10.6 Å². The highest BCUT2D eigenvalue weighted by molar-refractivity contribution is 5.80. The van der Waals surface area contributed by atoms with E-state index in [-0.39, 0.29) is 35.5 Å². The van der Waals surface area contributed by atoms with Gasteiger partial charge in [-0.25, -0.2) is 0 Å². The summed E-state index contributed by atoms with van der Waals surface area (Å²) >= 11 is 0. The lowest BCUT2D eigenvalue weighted by Crippen LogP contribution is -2.41. The number of methoxy groups -OCH3 is 1. The number of hydrogen-bond donors (Lipinski definition) is 2. The number of nitrogens with one attached hydrogen (secondary N) is 2. The van der Waals surface area contributed by atoms with Gasteiger partial charge < -0.3 is 20.1 Å². The highest BCUT2D eigenvalue weighted by Gasteiger charge is 2.26. The van der Waals surface area contributed by atoms with E-state index in [2.05, 4.69) is 10.6 Å². The van der Waals surface area contributed by atoms with Gasteiger partial charge in [-0.05, 0) is 25.7 Å². The zero-order chi connectivity index (χ0) is 19.4. The monoisotopic (exact) mass is 370 g/mol. The first-order valence-corrected chi connectivity index (χ1v) is 9.60. The van der Waals surface area contributed by atoms with Crippen molar-refractivity contribution >= 4 is 17.6 Å². The second kappa shape index (κ2) is 12.8. The van der Waals surface area contributed by atoms with Gasteiger partial charge in [0.2, 0.25) is 11.8 Å². The van der Waals surface area contributed by atoms with Gasteiger partial charge in [-0.3, -0.25) is 14.4 Å². The zero-order valence-electron chi connectivity index (χ0n) is 16.3. The normalized spacial score (nSPS) is 20.0. The van der Waals surface area contributed by atoms with Crippen molar-refractivity contribution in [3.63, 3.8) is 0 Å². The third-order valence-corrected chi connectivity index (χ3v) is 4.68. The molecule has 150 valence electrons. The maximum Gasteiger partial charge on any atom is 0.223 e. The molecule has 0 radical (unpaired) electrons. The molecule has 0 saturated heterocycles. The molecule has 1 fully saturated rings. The van der Waals surface area contributed by atoms with Crippen LogP contribution in [0, 0.1) is 11.8 Å². The summed E-state index contributed by atoms with van der Waals surface area (Å²) in [6, 6.07) is 0.158. The number of ketones is 1. The van der Waals surface area contributed by atoms with Crippen LogP contribution in [0.2, 0.25) is 0 Å². The van der Waals surface area contributed by atoms with E-state index in [9.17, 15) is 14.4 Å². The molecule has 0 aromatic heterocycles. The molecule has 2 amide bonds. The molecule has 0 unspecified atom stereocenters. The lowest BCUT2D eigenvalue weighted by atomic mass is 9.85. The van der Waals surface area contributed by atoms with E-state index >= 15 is 0 Å². The molecule has 7 nitrogen and oxygen atoms in total. The Balaban J connectivity index is 2.09. The molecule has 0 aromatic carbocycles. The lowest BCUT2D eigenvalue weighted by molar-refractivity contribution is -0.127. The Morgan fingerprint density at radius 2 is 1.69 bits per heavy atom. The number of ether oxygens (including phenoxy) is 2. The molecule has 0 spiro atoms. The Morgan fingerprint density at radius 3 is 2.31 bits per heavy atom. The van der Waals surface area contributed by atoms with Crippen LogP contribution in [0.3, 0.4) is 0 Å². The number of amides is 2. The average Bonchev–Trinajstić information content (AvgIpc) is 2.62. The molecule has 1 aliphatic rings. The minimum Gasteiger partial charge on any atom is -0.384 e. The first kappa shape index (κ1) is 22.6. The smallest absolute Gasteiger partial charge is 0.223 e. The highest BCUT2D eigenvalue weighted by Crippen LogP contribution is 2.24. The van der Waals surface area contributed by atoms with Gasteiger partial charge in [-0.15, -0.1) is 0 Å². The van der Waals surface area contributed by atoms with Crippen LogP contribution in [0.25, 0.3) is 0 Å². The fourth-order valence-corrected chi connectivity index (χ4v) is 2.95. The van der Waals surface area contributed by atoms with Crippen molar-refractivity contribution in [1.29, 1.82) is 0 Å². The fourth-order valence-electron chi connectivity index (χ4n) is 2.95. The summed E-state index contributed by atoms with van der Waals surface area (Å²) in [5.74, 6) is 0.298. The van der Waals surface area contributed by atoms with E-state index < -0.39 is 0 Å². The quantitative estimate of drug-likeness (QED) is 0.507. The number of rotatable bonds is 12. The van der Waals surface area contributed by atoms with Crippen LogP contribution in [-0.4, -0.2) is 57.1 Å². The van der Waals surface area contributed by atoms with Gasteiger partial charge in [0.05, 0.1) is 19.8 Å². The van der Waals surface area contributed by atoms with Gasteiger partial charge in [0.15, 0.2) is 0 Å². The van der Waals surface area contributed by atoms with Crippen LogP contribution in [-0.2, 0) is 23.9 Å². The van der Waals surface area contributed by atoms with Gasteiger partial charge in [0.1, 0.15) is 5.78 Å². The molecule has 2 N–H and O–H groups in total. The van der Waals surface area contributed by atoms with Crippen molar-refractivity contribution in [3.8, 4) is 0 Å². The third-order valence-electron chi connectivity index (χ3n) is 4.68. The fraction of sp³-hybridized carbons (Fsp3) is 0.842. The van der Waals surface area contributed by atoms with Crippen LogP contribution < -0.4 is 10.6 Å². The van der Waals surface area contributed by atoms with Crippen molar-refractivity contribution in [3.05, 3.63) is 0 Å². The van der Waals surface area contributed by atoms with E-state index in [0.717, 1.165) is 25.7 Å². The van der Waals surface area contributed by atoms with Crippen molar-refractivity contribution in [2.45, 2.75) is 58.4 Å². The molecule has 0 heterocycles. The van der Waals surface area contributed by atoms with Crippen LogP contribution in [0.15, 0.2) is 0 Å². The molecule has 0 bridgehead atoms. The van der Waals surface area contributed by atoms with Gasteiger partial charge in [-0.2, -0.15) is 0 Å². The van der Waals surface area contributed by atoms with Gasteiger partial charge in [-0.1, -0.05) is 13.8 Å². The van der Waals surface area contributed by atoms with E-state index in [1.54, 1.807) is 7.11 Å². The molecule has 1 rings (SSSR count). The van der Waals surface area contributed by atoms with Crippen LogP contribution >= 0.6 is 0 Å². The molecule has 0 aliphatic heterocycles. The topological polar surface area (TPSA) is 93.7 Å². The second-order valence-corrected chi connectivity index (χ2v) is 7.13. The Morgan fingerprint density at radius 1 is 1.00 bits per heavy atom. The Bertz CT molecular complexity index is 445. The zero-order valence-corrected chi connectivity index (χ0v) is 16.3. The first-order valence-electron chi connectivity index (χ1n) is 9.60. The van der Waals surface area contributed by atoms with Gasteiger partial charge in [0.25, 0.3) is 0 Å². The predicted molar refractivity (Wildman–Crippen MR) is 98.7 cm³/mol. The van der Waals surface area contributed by atoms with Gasteiger partial charge in [0, 0.05) is 44.4 Å². The summed E-state index contributed by atoms with van der Waals surface area (Å²) in [6.07, 6.45) is 4.01. The summed E-state index contributed by atoms with van der Waals surface area (Å²) in [5, 5.41) is 5.89. The second-order valence-electron chi connectivity index (χ2n) is 7.13. The van der Waals surface area contributed by atoms with Crippen LogP contribution in [0.4, 0.5) is 0 Å². The third kappa shape index (κ3) is 9.29. The van der Waals surface area contributed by atoms with Crippen LogP contribution in [0.1, 0.15) is 52.4 Å². The number of hydrogen-bond acceptors (Lipinski definition) is 5. The summed E-state index contributed by atoms with van der Waals surface area (Å²) in [5.41, 5.74) is 0. The Kier molecular flexibility index (Phi) is 11.1. The standard InChI is InChI=1S/C19H34N2O5/c1-14(2)17(22)8-12-26-13-10-20-19(24)15-4-6-16(7-5-15)21-18(23)9-11-25-3/h14-16H,4-13H2,1-3H3,(H,20,24)(H,21,23)/t15-,16+. The maximum atomic E-state index is 12.2. The molecule has 1 aliphatic carbocycles. The Labute approximate surface area is 156 Å². The minimum absolute atomic E-state index is 0.00430. The van der Waals surface area contributed by atoms with E-state index in [1.807, 2.05) is 13.8 Å². The first-order chi connectivity index (χ1) is 12.4. The van der Waals surface area contributed by atoms with Crippen molar-refractivity contribution in [2.75, 3.05) is 33.5 Å². The van der Waals surface area contributed by atoms with Gasteiger partial charge >= 0.3 is 0 Å². The van der Waals surface area contributed by atoms with Crippen LogP contribution in [0.5, 0.6) is 0 Å². The molecule has 0 atom stereocenters. The van der Waals surface area contributed by atoms with Crippen molar-refractivity contribution in [2.24, 2.45) is 11.8 Å². The molecule has 0 aromatic rings. The minimum atomic E-state index is 0.00430. The lowest BCUT2D eigenvalue weighted by Gasteiger charge is -2.28. The maximum absolute atomic E-state index is 12.2. The molecular formula is C19H34N2O5. The van der Waals surface area contributed by atoms with E-state index in [1.165, 1.54) is 0 Å². The van der Waals surface area contributed by atoms with E-state index in [4.69, 9.17) is 9.47 Å². The SMILES string of the molecule is COCCC(=O)N[C@H]1CC[C@@H](C(=O)NCCOCCC(=O)C(C)C)CC1. The number of Topliss-reactive ketones (excluding diaryl/α,β-unsaturated/α-hetero) is 1. The summed E-state index contributed by atoms with van der Waals surface area (Å²) in [6.45, 7) is 5.47. The average molecular weight is 370 g/mol. The Hall–Kier alpha value is -1.47. The molecule has 26 heavy (non-hydrogen) atoms. The molecule has 7 heteroatoms. The summed E-state index contributed by atoms with van der Waals surface area (Å²) < 4.78 is 10.3. The highest BCUT2D eigenvalue weighted by atomic mass is 16.5. The predicted octanol–water partition coefficient (Wildman–Crippen LogP) is 1.45. The summed E-state index contributed by atoms with van der Waals surface area (Å²) in [7, 11) is 1.58. The summed E-state index contributed by atoms with van der Waals surface area (Å²) in [4.78, 5) is 35.3. The molecular weight excluding hydrogens is 336 g/mol.